The van der Waals surface area contributed by atoms with Gasteiger partial charge in [0.15, 0.2) is 12.4 Å². The number of hydrogen-bond donors (Lipinski definition) is 3. The van der Waals surface area contributed by atoms with Gasteiger partial charge in [0, 0.05) is 12.3 Å². The summed E-state index contributed by atoms with van der Waals surface area (Å²) in [5.41, 5.74) is -1.91. The number of halogens is 1. The van der Waals surface area contributed by atoms with Gasteiger partial charge in [-0.05, 0) is 0 Å². The van der Waals surface area contributed by atoms with Crippen LogP contribution in [0.15, 0.2) is 21.9 Å². The highest BCUT2D eigenvalue weighted by Crippen LogP contribution is 2.63. The van der Waals surface area contributed by atoms with Crippen LogP contribution >= 0.6 is 23.5 Å². The lowest BCUT2D eigenvalue weighted by Gasteiger charge is -2.32. The molecular formula is C9H11FN2O14P3-3. The molecule has 1 aliphatic rings. The van der Waals surface area contributed by atoms with E-state index in [1.807, 2.05) is 0 Å². The van der Waals surface area contributed by atoms with Crippen LogP contribution in [-0.4, -0.2) is 44.5 Å². The number of nitrogens with one attached hydrogen (secondary N) is 1. The van der Waals surface area contributed by atoms with Gasteiger partial charge in [-0.15, -0.1) is 0 Å². The predicted molar refractivity (Wildman–Crippen MR) is 79.3 cm³/mol. The fourth-order valence-electron chi connectivity index (χ4n) is 2.15. The van der Waals surface area contributed by atoms with E-state index in [1.165, 1.54) is 0 Å². The van der Waals surface area contributed by atoms with Crippen LogP contribution in [0.3, 0.4) is 0 Å². The Bertz CT molecular complexity index is 1000. The molecule has 3 N–H and O–H groups in total. The van der Waals surface area contributed by atoms with E-state index in [2.05, 4.69) is 13.1 Å². The van der Waals surface area contributed by atoms with Crippen LogP contribution in [0.25, 0.3) is 0 Å². The summed E-state index contributed by atoms with van der Waals surface area (Å²) in [4.78, 5) is 65.4. The van der Waals surface area contributed by atoms with E-state index in [0.717, 1.165) is 12.3 Å². The molecule has 6 atom stereocenters. The van der Waals surface area contributed by atoms with Crippen molar-refractivity contribution in [2.45, 2.75) is 24.6 Å². The third kappa shape index (κ3) is 6.72. The van der Waals surface area contributed by atoms with Crippen LogP contribution in [0.4, 0.5) is 4.39 Å². The van der Waals surface area contributed by atoms with Crippen LogP contribution < -0.4 is 25.9 Å². The molecule has 1 fully saturated rings. The van der Waals surface area contributed by atoms with Crippen molar-refractivity contribution in [3.05, 3.63) is 33.1 Å². The standard InChI is InChI=1S/C9H14FN2O14P3/c10-6-7(14)4(24-8(6)12-2-1-5(13)11-9(12)15)3-23-28(19,20)26-29(21,22)25-27(16,17)18/h1-2,4,6-8,14H,3H2,(H,19,20)(H,21,22)(H,11,13,15)(H2,16,17,18)/p-3/t4-,6-,7-,8-/m1/s1. The van der Waals surface area contributed by atoms with Gasteiger partial charge >= 0.3 is 13.5 Å². The van der Waals surface area contributed by atoms with Crippen LogP contribution in [0, 0.1) is 0 Å². The number of aromatic amines is 1. The van der Waals surface area contributed by atoms with Gasteiger partial charge in [0.05, 0.1) is 14.4 Å². The van der Waals surface area contributed by atoms with Gasteiger partial charge in [-0.3, -0.25) is 23.2 Å². The first kappa shape index (κ1) is 24.2. The average molecular weight is 483 g/mol. The lowest BCUT2D eigenvalue weighted by Crippen LogP contribution is -2.35. The van der Waals surface area contributed by atoms with Crippen molar-refractivity contribution in [3.8, 4) is 0 Å². The number of aliphatic hydroxyl groups excluding tert-OH is 1. The van der Waals surface area contributed by atoms with Crippen molar-refractivity contribution in [1.29, 1.82) is 0 Å². The Hall–Kier alpha value is -1.06. The molecular weight excluding hydrogens is 472 g/mol. The molecule has 2 heterocycles. The first-order valence-corrected chi connectivity index (χ1v) is 11.5. The Balaban J connectivity index is 2.06. The van der Waals surface area contributed by atoms with E-state index in [4.69, 9.17) is 9.63 Å². The van der Waals surface area contributed by atoms with Crippen LogP contribution in [0.1, 0.15) is 6.23 Å². The smallest absolute Gasteiger partial charge is 0.482 e. The summed E-state index contributed by atoms with van der Waals surface area (Å²) in [6.07, 6.45) is -7.06. The number of H-pyrrole nitrogens is 1. The quantitative estimate of drug-likeness (QED) is 0.305. The first-order chi connectivity index (χ1) is 13.1. The Morgan fingerprint density at radius 2 is 1.86 bits per heavy atom. The molecule has 29 heavy (non-hydrogen) atoms. The normalized spacial score (nSPS) is 29.3. The van der Waals surface area contributed by atoms with Crippen molar-refractivity contribution >= 4 is 23.5 Å². The molecule has 1 aromatic rings. The largest absolute Gasteiger partial charge is 0.789 e. The molecule has 2 unspecified atom stereocenters. The van der Waals surface area contributed by atoms with Crippen molar-refractivity contribution in [1.82, 2.24) is 9.55 Å². The second kappa shape index (κ2) is 8.59. The molecule has 16 nitrogen and oxygen atoms in total. The molecule has 0 aliphatic carbocycles. The van der Waals surface area contributed by atoms with Crippen molar-refractivity contribution in [2.24, 2.45) is 0 Å². The lowest BCUT2D eigenvalue weighted by atomic mass is 10.1. The van der Waals surface area contributed by atoms with Crippen molar-refractivity contribution in [2.75, 3.05) is 6.61 Å². The lowest BCUT2D eigenvalue weighted by molar-refractivity contribution is -0.334. The highest BCUT2D eigenvalue weighted by atomic mass is 31.3. The zero-order valence-corrected chi connectivity index (χ0v) is 16.3. The summed E-state index contributed by atoms with van der Waals surface area (Å²) in [6.45, 7) is -1.22. The Morgan fingerprint density at radius 1 is 1.24 bits per heavy atom. The zero-order valence-electron chi connectivity index (χ0n) is 13.6. The van der Waals surface area contributed by atoms with E-state index in [0.29, 0.717) is 4.57 Å². The van der Waals surface area contributed by atoms with Gasteiger partial charge in [-0.1, -0.05) is 0 Å². The monoisotopic (exact) mass is 483 g/mol. The van der Waals surface area contributed by atoms with Gasteiger partial charge in [0.2, 0.25) is 0 Å². The second-order valence-electron chi connectivity index (χ2n) is 5.34. The Kier molecular flexibility index (Phi) is 7.17. The highest BCUT2D eigenvalue weighted by molar-refractivity contribution is 7.65. The molecule has 0 aromatic carbocycles. The minimum Gasteiger partial charge on any atom is -0.789 e. The van der Waals surface area contributed by atoms with Crippen molar-refractivity contribution in [3.63, 3.8) is 0 Å². The second-order valence-corrected chi connectivity index (χ2v) is 9.63. The highest BCUT2D eigenvalue weighted by Gasteiger charge is 2.46. The number of aliphatic hydroxyl groups is 1. The van der Waals surface area contributed by atoms with E-state index in [-0.39, 0.29) is 0 Å². The molecule has 0 radical (unpaired) electrons. The summed E-state index contributed by atoms with van der Waals surface area (Å²) in [5, 5.41) is 9.77. The van der Waals surface area contributed by atoms with Gasteiger partial charge in [-0.25, -0.2) is 18.1 Å². The van der Waals surface area contributed by atoms with Gasteiger partial charge < -0.3 is 38.5 Å². The SMILES string of the molecule is O=c1ccn([C@@H]2O[C@H](COP(=O)([O-])OP(=O)(O)OP(=O)([O-])[O-])[C@@H](O)[C@H]2F)c(=O)[nH]1. The minimum atomic E-state index is -6.11. The van der Waals surface area contributed by atoms with E-state index >= 15 is 0 Å². The number of rotatable bonds is 8. The maximum atomic E-state index is 14.2. The molecule has 0 amide bonds. The summed E-state index contributed by atoms with van der Waals surface area (Å²) < 4.78 is 63.2. The third-order valence-electron chi connectivity index (χ3n) is 3.22. The maximum Gasteiger partial charge on any atom is 0.482 e. The summed E-state index contributed by atoms with van der Waals surface area (Å²) in [7, 11) is -17.9. The summed E-state index contributed by atoms with van der Waals surface area (Å²) >= 11 is 0. The topological polar surface area (TPSA) is 253 Å². The van der Waals surface area contributed by atoms with Gasteiger partial charge in [0.25, 0.3) is 13.4 Å². The molecule has 1 aromatic heterocycles. The first-order valence-electron chi connectivity index (χ1n) is 7.12. The summed E-state index contributed by atoms with van der Waals surface area (Å²) in [5.74, 6) is 0. The Morgan fingerprint density at radius 3 is 2.41 bits per heavy atom. The molecule has 0 bridgehead atoms. The molecule has 166 valence electrons. The van der Waals surface area contributed by atoms with Gasteiger partial charge in [-0.2, -0.15) is 0 Å². The molecule has 20 heteroatoms. The fourth-order valence-corrected chi connectivity index (χ4v) is 5.08. The van der Waals surface area contributed by atoms with E-state index < -0.39 is 65.9 Å². The number of phosphoric ester groups is 1. The van der Waals surface area contributed by atoms with Crippen molar-refractivity contribution < 1.29 is 60.6 Å². The van der Waals surface area contributed by atoms with E-state index in [1.54, 1.807) is 4.98 Å². The molecule has 1 aliphatic heterocycles. The molecule has 0 saturated carbocycles. The van der Waals surface area contributed by atoms with Crippen LogP contribution in [0.2, 0.25) is 0 Å². The maximum absolute atomic E-state index is 14.2. The molecule has 0 spiro atoms. The average Bonchev–Trinajstić information content (AvgIpc) is 2.78. The number of hydrogen-bond acceptors (Lipinski definition) is 13. The number of alkyl halides is 1. The zero-order chi connectivity index (χ0) is 22.2. The molecule has 2 rings (SSSR count). The van der Waals surface area contributed by atoms with E-state index in [9.17, 15) is 47.5 Å². The minimum absolute atomic E-state index is 0.554. The number of nitrogens with zero attached hydrogens (tertiary/aromatic N) is 1. The summed E-state index contributed by atoms with van der Waals surface area (Å²) in [6, 6.07) is 0.844. The third-order valence-corrected chi connectivity index (χ3v) is 6.94. The number of ether oxygens (including phenoxy) is 1. The fraction of sp³-hybridized carbons (Fsp3) is 0.556. The van der Waals surface area contributed by atoms with Gasteiger partial charge in [0.1, 0.15) is 12.2 Å². The predicted octanol–water partition coefficient (Wildman–Crippen LogP) is -3.42. The van der Waals surface area contributed by atoms with Crippen LogP contribution in [-0.2, 0) is 31.6 Å². The number of phosphoric acid groups is 3. The number of aromatic nitrogens is 2. The molecule has 1 saturated heterocycles. The van der Waals surface area contributed by atoms with Crippen LogP contribution in [0.5, 0.6) is 0 Å². The Labute approximate surface area is 158 Å².